The van der Waals surface area contributed by atoms with Crippen LogP contribution < -0.4 is 5.32 Å². The molecule has 1 aliphatic heterocycles. The molecule has 2 nitrogen and oxygen atoms in total. The average Bonchev–Trinajstić information content (AvgIpc) is 2.21. The van der Waals surface area contributed by atoms with Crippen molar-refractivity contribution < 1.29 is 5.32 Å². The van der Waals surface area contributed by atoms with Crippen LogP contribution in [0.25, 0.3) is 0 Å². The summed E-state index contributed by atoms with van der Waals surface area (Å²) >= 11 is 0. The Balaban J connectivity index is 2.08. The van der Waals surface area contributed by atoms with Gasteiger partial charge in [-0.2, -0.15) is 0 Å². The van der Waals surface area contributed by atoms with Gasteiger partial charge in [-0.05, 0) is 18.9 Å². The fourth-order valence-corrected chi connectivity index (χ4v) is 1.84. The van der Waals surface area contributed by atoms with Crippen LogP contribution in [0.15, 0.2) is 24.5 Å². The Morgan fingerprint density at radius 2 is 2.42 bits per heavy atom. The number of piperidine rings is 1. The molecule has 0 aromatic carbocycles. The average molecular weight is 163 g/mol. The molecule has 0 saturated carbocycles. The standard InChI is InChI=1S/C10H14N2/c1-2-7-12-10(5-1)9-4-3-6-11-8-9/h3-4,6,8,10,12H,1-2,5,7H2/p+1/t10-/m1/s1. The Kier molecular flexibility index (Phi) is 2.37. The number of nitrogens with two attached hydrogens (primary N) is 1. The first-order valence-electron chi connectivity index (χ1n) is 4.70. The second kappa shape index (κ2) is 3.68. The molecule has 2 rings (SSSR count). The first kappa shape index (κ1) is 7.74. The number of aromatic nitrogens is 1. The second-order valence-corrected chi connectivity index (χ2v) is 3.41. The van der Waals surface area contributed by atoms with E-state index in [-0.39, 0.29) is 0 Å². The van der Waals surface area contributed by atoms with Gasteiger partial charge in [0, 0.05) is 24.4 Å². The number of quaternary nitrogens is 1. The number of pyridine rings is 1. The van der Waals surface area contributed by atoms with Gasteiger partial charge in [-0.3, -0.25) is 4.98 Å². The predicted octanol–water partition coefficient (Wildman–Crippen LogP) is 0.870. The summed E-state index contributed by atoms with van der Waals surface area (Å²) in [5.41, 5.74) is 1.39. The molecule has 12 heavy (non-hydrogen) atoms. The highest BCUT2D eigenvalue weighted by molar-refractivity contribution is 5.11. The van der Waals surface area contributed by atoms with Crippen molar-refractivity contribution in [1.29, 1.82) is 0 Å². The normalized spacial score (nSPS) is 23.8. The predicted molar refractivity (Wildman–Crippen MR) is 47.6 cm³/mol. The van der Waals surface area contributed by atoms with E-state index in [2.05, 4.69) is 16.4 Å². The molecule has 0 unspecified atom stereocenters. The highest BCUT2D eigenvalue weighted by Gasteiger charge is 2.17. The Hall–Kier alpha value is -0.890. The minimum absolute atomic E-state index is 0.674. The monoisotopic (exact) mass is 163 g/mol. The van der Waals surface area contributed by atoms with E-state index in [1.54, 1.807) is 0 Å². The minimum Gasteiger partial charge on any atom is -0.340 e. The van der Waals surface area contributed by atoms with Crippen LogP contribution in [0, 0.1) is 0 Å². The van der Waals surface area contributed by atoms with Crippen molar-refractivity contribution in [2.75, 3.05) is 6.54 Å². The fraction of sp³-hybridized carbons (Fsp3) is 0.500. The summed E-state index contributed by atoms with van der Waals surface area (Å²) in [6.07, 6.45) is 7.89. The van der Waals surface area contributed by atoms with Gasteiger partial charge in [0.05, 0.1) is 6.54 Å². The van der Waals surface area contributed by atoms with Crippen LogP contribution in [0.2, 0.25) is 0 Å². The van der Waals surface area contributed by atoms with E-state index in [0.717, 1.165) is 0 Å². The topological polar surface area (TPSA) is 29.5 Å². The van der Waals surface area contributed by atoms with Crippen molar-refractivity contribution in [3.8, 4) is 0 Å². The third-order valence-corrected chi connectivity index (χ3v) is 2.53. The first-order valence-corrected chi connectivity index (χ1v) is 4.70. The van der Waals surface area contributed by atoms with Crippen LogP contribution >= 0.6 is 0 Å². The van der Waals surface area contributed by atoms with E-state index in [0.29, 0.717) is 6.04 Å². The highest BCUT2D eigenvalue weighted by Crippen LogP contribution is 2.16. The van der Waals surface area contributed by atoms with E-state index >= 15 is 0 Å². The van der Waals surface area contributed by atoms with E-state index in [1.807, 2.05) is 18.5 Å². The van der Waals surface area contributed by atoms with Crippen molar-refractivity contribution in [2.24, 2.45) is 0 Å². The summed E-state index contributed by atoms with van der Waals surface area (Å²) in [7, 11) is 0. The molecule has 1 aromatic rings. The Morgan fingerprint density at radius 1 is 1.42 bits per heavy atom. The summed E-state index contributed by atoms with van der Waals surface area (Å²) in [5, 5.41) is 2.43. The molecule has 2 N–H and O–H groups in total. The molecule has 1 aromatic heterocycles. The lowest BCUT2D eigenvalue weighted by atomic mass is 9.99. The van der Waals surface area contributed by atoms with Gasteiger partial charge in [-0.1, -0.05) is 6.07 Å². The summed E-state index contributed by atoms with van der Waals surface area (Å²) in [6, 6.07) is 4.88. The van der Waals surface area contributed by atoms with Gasteiger partial charge in [-0.15, -0.1) is 0 Å². The van der Waals surface area contributed by atoms with Crippen molar-refractivity contribution in [1.82, 2.24) is 4.98 Å². The molecule has 0 radical (unpaired) electrons. The van der Waals surface area contributed by atoms with Crippen LogP contribution in [-0.4, -0.2) is 11.5 Å². The lowest BCUT2D eigenvalue weighted by molar-refractivity contribution is -0.704. The maximum atomic E-state index is 4.14. The zero-order valence-corrected chi connectivity index (χ0v) is 7.24. The van der Waals surface area contributed by atoms with E-state index < -0.39 is 0 Å². The molecule has 1 fully saturated rings. The molecule has 1 saturated heterocycles. The SMILES string of the molecule is c1cncc([C@H]2CCCC[NH2+]2)c1. The zero-order valence-electron chi connectivity index (χ0n) is 7.24. The molecule has 1 atom stereocenters. The molecule has 1 aliphatic rings. The molecule has 0 aliphatic carbocycles. The van der Waals surface area contributed by atoms with Gasteiger partial charge in [0.2, 0.25) is 0 Å². The summed E-state index contributed by atoms with van der Waals surface area (Å²) < 4.78 is 0. The quantitative estimate of drug-likeness (QED) is 0.654. The molecule has 0 bridgehead atoms. The first-order chi connectivity index (χ1) is 5.97. The van der Waals surface area contributed by atoms with Crippen molar-refractivity contribution in [3.63, 3.8) is 0 Å². The molecule has 64 valence electrons. The van der Waals surface area contributed by atoms with Gasteiger partial charge in [0.15, 0.2) is 0 Å². The van der Waals surface area contributed by atoms with Crippen LogP contribution in [0.5, 0.6) is 0 Å². The summed E-state index contributed by atoms with van der Waals surface area (Å²) in [4.78, 5) is 4.14. The molecule has 2 heterocycles. The minimum atomic E-state index is 0.674. The second-order valence-electron chi connectivity index (χ2n) is 3.41. The highest BCUT2D eigenvalue weighted by atomic mass is 14.9. The third kappa shape index (κ3) is 1.64. The Morgan fingerprint density at radius 3 is 3.08 bits per heavy atom. The van der Waals surface area contributed by atoms with Crippen LogP contribution in [0.3, 0.4) is 0 Å². The van der Waals surface area contributed by atoms with Crippen molar-refractivity contribution in [3.05, 3.63) is 30.1 Å². The number of nitrogens with zero attached hydrogens (tertiary/aromatic N) is 1. The Bertz CT molecular complexity index is 227. The zero-order chi connectivity index (χ0) is 8.23. The van der Waals surface area contributed by atoms with Gasteiger partial charge >= 0.3 is 0 Å². The Labute approximate surface area is 73.0 Å². The smallest absolute Gasteiger partial charge is 0.113 e. The maximum absolute atomic E-state index is 4.14. The van der Waals surface area contributed by atoms with Gasteiger partial charge < -0.3 is 5.32 Å². The van der Waals surface area contributed by atoms with Crippen LogP contribution in [0.4, 0.5) is 0 Å². The third-order valence-electron chi connectivity index (χ3n) is 2.53. The lowest BCUT2D eigenvalue weighted by Gasteiger charge is -2.19. The van der Waals surface area contributed by atoms with E-state index in [4.69, 9.17) is 0 Å². The van der Waals surface area contributed by atoms with Gasteiger partial charge in [-0.25, -0.2) is 0 Å². The van der Waals surface area contributed by atoms with Crippen molar-refractivity contribution in [2.45, 2.75) is 25.3 Å². The van der Waals surface area contributed by atoms with E-state index in [1.165, 1.54) is 31.4 Å². The van der Waals surface area contributed by atoms with E-state index in [9.17, 15) is 0 Å². The van der Waals surface area contributed by atoms with Crippen LogP contribution in [-0.2, 0) is 0 Å². The number of hydrogen-bond donors (Lipinski definition) is 1. The molecular formula is C10H15N2+. The summed E-state index contributed by atoms with van der Waals surface area (Å²) in [6.45, 7) is 1.28. The summed E-state index contributed by atoms with van der Waals surface area (Å²) in [5.74, 6) is 0. The number of hydrogen-bond acceptors (Lipinski definition) is 1. The van der Waals surface area contributed by atoms with Gasteiger partial charge in [0.1, 0.15) is 6.04 Å². The molecule has 0 amide bonds. The molecule has 2 heteroatoms. The maximum Gasteiger partial charge on any atom is 0.113 e. The van der Waals surface area contributed by atoms with Crippen molar-refractivity contribution >= 4 is 0 Å². The largest absolute Gasteiger partial charge is 0.340 e. The molecule has 0 spiro atoms. The van der Waals surface area contributed by atoms with Crippen LogP contribution in [0.1, 0.15) is 30.9 Å². The fourth-order valence-electron chi connectivity index (χ4n) is 1.84. The lowest BCUT2D eigenvalue weighted by Crippen LogP contribution is -2.86. The molecular weight excluding hydrogens is 148 g/mol. The number of rotatable bonds is 1. The van der Waals surface area contributed by atoms with Gasteiger partial charge in [0.25, 0.3) is 0 Å².